The minimum absolute atomic E-state index is 0.128. The molecule has 0 aromatic carbocycles. The van der Waals surface area contributed by atoms with Crippen LogP contribution in [0.2, 0.25) is 0 Å². The summed E-state index contributed by atoms with van der Waals surface area (Å²) >= 11 is 1.31. The standard InChI is InChI=1S/C13H16N4O3S/c1-2-20-12(19)8-4-3-5-17(6-8)13-16-10-9(21-13)11(18)15-7-14-10/h7-8H,2-6H2,1H3,(H,14,15,18)/t8-/m1/s1. The zero-order chi connectivity index (χ0) is 14.8. The highest BCUT2D eigenvalue weighted by Gasteiger charge is 2.28. The van der Waals surface area contributed by atoms with E-state index >= 15 is 0 Å². The highest BCUT2D eigenvalue weighted by Crippen LogP contribution is 2.29. The van der Waals surface area contributed by atoms with Crippen LogP contribution in [0.4, 0.5) is 5.13 Å². The van der Waals surface area contributed by atoms with Gasteiger partial charge in [0.1, 0.15) is 4.70 Å². The number of rotatable bonds is 3. The maximum Gasteiger partial charge on any atom is 0.310 e. The zero-order valence-corrected chi connectivity index (χ0v) is 12.5. The number of hydrogen-bond acceptors (Lipinski definition) is 7. The van der Waals surface area contributed by atoms with Crippen molar-refractivity contribution >= 4 is 32.8 Å². The fraction of sp³-hybridized carbons (Fsp3) is 0.538. The quantitative estimate of drug-likeness (QED) is 0.856. The summed E-state index contributed by atoms with van der Waals surface area (Å²) in [5.41, 5.74) is 0.278. The van der Waals surface area contributed by atoms with Crippen molar-refractivity contribution in [2.24, 2.45) is 5.92 Å². The van der Waals surface area contributed by atoms with E-state index in [-0.39, 0.29) is 17.4 Å². The van der Waals surface area contributed by atoms with E-state index in [0.29, 0.717) is 23.5 Å². The van der Waals surface area contributed by atoms with Crippen molar-refractivity contribution < 1.29 is 9.53 Å². The number of esters is 1. The lowest BCUT2D eigenvalue weighted by Crippen LogP contribution is -2.39. The van der Waals surface area contributed by atoms with Crippen molar-refractivity contribution in [2.75, 3.05) is 24.6 Å². The van der Waals surface area contributed by atoms with E-state index in [0.717, 1.165) is 24.5 Å². The average molecular weight is 308 g/mol. The molecule has 0 radical (unpaired) electrons. The first-order chi connectivity index (χ1) is 10.2. The van der Waals surface area contributed by atoms with E-state index < -0.39 is 0 Å². The summed E-state index contributed by atoms with van der Waals surface area (Å²) in [5, 5.41) is 0.739. The summed E-state index contributed by atoms with van der Waals surface area (Å²) in [6.45, 7) is 3.62. The Morgan fingerprint density at radius 1 is 1.62 bits per heavy atom. The lowest BCUT2D eigenvalue weighted by molar-refractivity contribution is -0.148. The maximum atomic E-state index is 11.9. The molecule has 1 aliphatic rings. The molecule has 3 rings (SSSR count). The van der Waals surface area contributed by atoms with Crippen LogP contribution in [0.5, 0.6) is 0 Å². The second-order valence-electron chi connectivity index (χ2n) is 4.92. The third-order valence-electron chi connectivity index (χ3n) is 3.50. The molecule has 2 aromatic heterocycles. The Kier molecular flexibility index (Phi) is 3.87. The van der Waals surface area contributed by atoms with Crippen molar-refractivity contribution in [1.82, 2.24) is 15.0 Å². The van der Waals surface area contributed by atoms with Gasteiger partial charge in [0.15, 0.2) is 10.8 Å². The molecule has 2 aromatic rings. The summed E-state index contributed by atoms with van der Waals surface area (Å²) in [7, 11) is 0. The van der Waals surface area contributed by atoms with E-state index in [1.54, 1.807) is 0 Å². The van der Waals surface area contributed by atoms with Gasteiger partial charge in [-0.1, -0.05) is 11.3 Å². The van der Waals surface area contributed by atoms with E-state index in [4.69, 9.17) is 4.74 Å². The van der Waals surface area contributed by atoms with Crippen LogP contribution in [0.15, 0.2) is 11.1 Å². The van der Waals surface area contributed by atoms with Gasteiger partial charge in [0.05, 0.1) is 18.9 Å². The topological polar surface area (TPSA) is 88.2 Å². The molecule has 0 amide bonds. The van der Waals surface area contributed by atoms with Gasteiger partial charge in [0.25, 0.3) is 5.56 Å². The van der Waals surface area contributed by atoms with Gasteiger partial charge in [0.2, 0.25) is 0 Å². The molecule has 7 nitrogen and oxygen atoms in total. The summed E-state index contributed by atoms with van der Waals surface area (Å²) < 4.78 is 5.61. The van der Waals surface area contributed by atoms with Crippen LogP contribution in [0.25, 0.3) is 10.3 Å². The van der Waals surface area contributed by atoms with Gasteiger partial charge < -0.3 is 14.6 Å². The fourth-order valence-corrected chi connectivity index (χ4v) is 3.44. The fourth-order valence-electron chi connectivity index (χ4n) is 2.49. The number of carbonyl (C=O) groups is 1. The zero-order valence-electron chi connectivity index (χ0n) is 11.7. The second kappa shape index (κ2) is 5.80. The van der Waals surface area contributed by atoms with Crippen LogP contribution in [0, 0.1) is 5.92 Å². The molecule has 1 aliphatic heterocycles. The summed E-state index contributed by atoms with van der Waals surface area (Å²) in [5.74, 6) is -0.281. The van der Waals surface area contributed by atoms with Gasteiger partial charge in [-0.25, -0.2) is 4.98 Å². The third-order valence-corrected chi connectivity index (χ3v) is 4.60. The Morgan fingerprint density at radius 3 is 3.24 bits per heavy atom. The first kappa shape index (κ1) is 14.0. The highest BCUT2D eigenvalue weighted by atomic mass is 32.1. The number of thiazole rings is 1. The number of piperidine rings is 1. The van der Waals surface area contributed by atoms with Crippen molar-refractivity contribution in [3.05, 3.63) is 16.7 Å². The molecule has 0 bridgehead atoms. The van der Waals surface area contributed by atoms with E-state index in [1.807, 2.05) is 11.8 Å². The molecule has 0 unspecified atom stereocenters. The summed E-state index contributed by atoms with van der Waals surface area (Å²) in [6, 6.07) is 0. The number of fused-ring (bicyclic) bond motifs is 1. The number of hydrogen-bond donors (Lipinski definition) is 1. The van der Waals surface area contributed by atoms with Gasteiger partial charge in [-0.3, -0.25) is 9.59 Å². The van der Waals surface area contributed by atoms with Gasteiger partial charge >= 0.3 is 5.97 Å². The molecule has 1 N–H and O–H groups in total. The summed E-state index contributed by atoms with van der Waals surface area (Å²) in [4.78, 5) is 36.6. The number of ether oxygens (including phenoxy) is 1. The SMILES string of the molecule is CCOC(=O)[C@@H]1CCCN(c2nc3nc[nH]c(=O)c3s2)C1. The Balaban J connectivity index is 1.83. The molecule has 3 heterocycles. The number of anilines is 1. The van der Waals surface area contributed by atoms with Crippen LogP contribution in [0.3, 0.4) is 0 Å². The molecule has 0 spiro atoms. The number of carbonyl (C=O) groups excluding carboxylic acids is 1. The smallest absolute Gasteiger partial charge is 0.310 e. The van der Waals surface area contributed by atoms with Gasteiger partial charge in [-0.2, -0.15) is 4.98 Å². The van der Waals surface area contributed by atoms with Gasteiger partial charge in [-0.15, -0.1) is 0 Å². The maximum absolute atomic E-state index is 11.9. The number of aromatic amines is 1. The monoisotopic (exact) mass is 308 g/mol. The highest BCUT2D eigenvalue weighted by molar-refractivity contribution is 7.22. The lowest BCUT2D eigenvalue weighted by atomic mass is 9.99. The van der Waals surface area contributed by atoms with E-state index in [9.17, 15) is 9.59 Å². The van der Waals surface area contributed by atoms with Gasteiger partial charge in [-0.05, 0) is 19.8 Å². The van der Waals surface area contributed by atoms with Crippen molar-refractivity contribution in [3.63, 3.8) is 0 Å². The van der Waals surface area contributed by atoms with E-state index in [1.165, 1.54) is 17.7 Å². The van der Waals surface area contributed by atoms with Crippen molar-refractivity contribution in [3.8, 4) is 0 Å². The van der Waals surface area contributed by atoms with Crippen LogP contribution in [0.1, 0.15) is 19.8 Å². The van der Waals surface area contributed by atoms with Gasteiger partial charge in [0, 0.05) is 13.1 Å². The minimum atomic E-state index is -0.178. The Morgan fingerprint density at radius 2 is 2.48 bits per heavy atom. The normalized spacial score (nSPS) is 18.9. The average Bonchev–Trinajstić information content (AvgIpc) is 2.93. The second-order valence-corrected chi connectivity index (χ2v) is 5.90. The number of H-pyrrole nitrogens is 1. The molecule has 1 atom stereocenters. The number of aromatic nitrogens is 3. The predicted octanol–water partition coefficient (Wildman–Crippen LogP) is 1.16. The van der Waals surface area contributed by atoms with Crippen molar-refractivity contribution in [1.29, 1.82) is 0 Å². The van der Waals surface area contributed by atoms with Crippen molar-refractivity contribution in [2.45, 2.75) is 19.8 Å². The number of nitrogens with one attached hydrogen (secondary N) is 1. The first-order valence-electron chi connectivity index (χ1n) is 6.95. The summed E-state index contributed by atoms with van der Waals surface area (Å²) in [6.07, 6.45) is 3.09. The van der Waals surface area contributed by atoms with Crippen LogP contribution >= 0.6 is 11.3 Å². The van der Waals surface area contributed by atoms with E-state index in [2.05, 4.69) is 15.0 Å². The Labute approximate surface area is 125 Å². The lowest BCUT2D eigenvalue weighted by Gasteiger charge is -2.31. The molecule has 112 valence electrons. The molecular weight excluding hydrogens is 292 g/mol. The van der Waals surface area contributed by atoms with Crippen LogP contribution in [-0.2, 0) is 9.53 Å². The molecule has 0 aliphatic carbocycles. The Bertz CT molecular complexity index is 711. The molecule has 0 saturated carbocycles. The molecule has 1 fully saturated rings. The predicted molar refractivity (Wildman–Crippen MR) is 79.6 cm³/mol. The molecular formula is C13H16N4O3S. The first-order valence-corrected chi connectivity index (χ1v) is 7.76. The molecule has 8 heteroatoms. The number of nitrogens with zero attached hydrogens (tertiary/aromatic N) is 3. The van der Waals surface area contributed by atoms with Crippen LogP contribution < -0.4 is 10.5 Å². The molecule has 21 heavy (non-hydrogen) atoms. The minimum Gasteiger partial charge on any atom is -0.466 e. The van der Waals surface area contributed by atoms with Crippen LogP contribution in [-0.4, -0.2) is 40.6 Å². The third kappa shape index (κ3) is 2.76. The largest absolute Gasteiger partial charge is 0.466 e. The Hall–Kier alpha value is -1.96. The molecule has 1 saturated heterocycles.